The molecule has 0 unspecified atom stereocenters. The van der Waals surface area contributed by atoms with E-state index in [4.69, 9.17) is 9.93 Å². The van der Waals surface area contributed by atoms with Crippen LogP contribution in [0.3, 0.4) is 0 Å². The molecule has 6 heteroatoms. The molecule has 0 aliphatic rings. The fourth-order valence-corrected chi connectivity index (χ4v) is 3.09. The van der Waals surface area contributed by atoms with Gasteiger partial charge in [-0.05, 0) is 46.3 Å². The van der Waals surface area contributed by atoms with Crippen molar-refractivity contribution < 1.29 is 4.52 Å². The Balaban J connectivity index is 1.56. The second-order valence-corrected chi connectivity index (χ2v) is 6.57. The Morgan fingerprint density at radius 1 is 0.923 bits per heavy atom. The number of halogens is 1. The van der Waals surface area contributed by atoms with Crippen molar-refractivity contribution >= 4 is 49.9 Å². The number of fused-ring (bicyclic) bond motifs is 1. The number of amidine groups is 1. The molecule has 4 rings (SSSR count). The van der Waals surface area contributed by atoms with Crippen LogP contribution in [0.25, 0.3) is 11.0 Å². The topological polar surface area (TPSA) is 73.9 Å². The van der Waals surface area contributed by atoms with Crippen LogP contribution in [0.15, 0.2) is 81.8 Å². The number of nitrogens with one attached hydrogen (secondary N) is 3. The van der Waals surface area contributed by atoms with Crippen LogP contribution in [0.4, 0.5) is 17.2 Å². The van der Waals surface area contributed by atoms with Crippen molar-refractivity contribution in [3.63, 3.8) is 0 Å². The number of benzene rings is 3. The lowest BCUT2D eigenvalue weighted by Crippen LogP contribution is -2.11. The molecular formula is C20H15BrN4O. The molecule has 0 amide bonds. The van der Waals surface area contributed by atoms with Gasteiger partial charge < -0.3 is 15.2 Å². The third kappa shape index (κ3) is 3.32. The maximum Gasteiger partial charge on any atom is 0.183 e. The largest absolute Gasteiger partial charge is 0.353 e. The second kappa shape index (κ2) is 7.01. The van der Waals surface area contributed by atoms with Gasteiger partial charge in [0.2, 0.25) is 0 Å². The summed E-state index contributed by atoms with van der Waals surface area (Å²) in [4.78, 5) is 0. The van der Waals surface area contributed by atoms with Gasteiger partial charge in [0.25, 0.3) is 0 Å². The zero-order valence-electron chi connectivity index (χ0n) is 13.7. The zero-order valence-corrected chi connectivity index (χ0v) is 15.2. The maximum absolute atomic E-state index is 8.20. The number of aromatic nitrogens is 1. The first-order valence-electron chi connectivity index (χ1n) is 8.03. The molecule has 0 fully saturated rings. The quantitative estimate of drug-likeness (QED) is 0.297. The molecule has 3 N–H and O–H groups in total. The van der Waals surface area contributed by atoms with Crippen LogP contribution in [0.2, 0.25) is 0 Å². The van der Waals surface area contributed by atoms with Gasteiger partial charge in [0.15, 0.2) is 11.4 Å². The van der Waals surface area contributed by atoms with E-state index in [1.807, 2.05) is 72.8 Å². The standard InChI is InChI=1S/C20H15BrN4O/c21-17-11-5-10-16-18(17)26-25-20(16)24-15-9-4-8-14(12-15)23-19(22)13-6-2-1-3-7-13/h1-12H,(H2,22,23)(H,24,25). The molecule has 0 bridgehead atoms. The second-order valence-electron chi connectivity index (χ2n) is 5.72. The molecule has 0 aliphatic heterocycles. The average molecular weight is 407 g/mol. The third-order valence-corrected chi connectivity index (χ3v) is 4.53. The van der Waals surface area contributed by atoms with E-state index in [9.17, 15) is 0 Å². The third-order valence-electron chi connectivity index (χ3n) is 3.91. The van der Waals surface area contributed by atoms with Gasteiger partial charge in [0, 0.05) is 16.9 Å². The molecule has 0 aliphatic carbocycles. The molecule has 1 aromatic heterocycles. The first-order valence-corrected chi connectivity index (χ1v) is 8.82. The Morgan fingerprint density at radius 2 is 1.69 bits per heavy atom. The molecule has 0 spiro atoms. The molecule has 0 atom stereocenters. The highest BCUT2D eigenvalue weighted by Crippen LogP contribution is 2.31. The number of rotatable bonds is 4. The highest BCUT2D eigenvalue weighted by molar-refractivity contribution is 9.10. The molecule has 1 heterocycles. The summed E-state index contributed by atoms with van der Waals surface area (Å²) in [6.45, 7) is 0. The minimum absolute atomic E-state index is 0.346. The summed E-state index contributed by atoms with van der Waals surface area (Å²) in [5.41, 5.74) is 3.21. The Hall–Kier alpha value is -3.12. The Labute approximate surface area is 158 Å². The molecule has 0 saturated heterocycles. The van der Waals surface area contributed by atoms with Crippen molar-refractivity contribution in [2.24, 2.45) is 0 Å². The zero-order chi connectivity index (χ0) is 17.9. The van der Waals surface area contributed by atoms with Crippen LogP contribution in [0, 0.1) is 5.41 Å². The van der Waals surface area contributed by atoms with Gasteiger partial charge in [-0.3, -0.25) is 5.41 Å². The lowest BCUT2D eigenvalue weighted by atomic mass is 10.2. The van der Waals surface area contributed by atoms with Gasteiger partial charge in [-0.15, -0.1) is 0 Å². The molecule has 0 radical (unpaired) electrons. The van der Waals surface area contributed by atoms with Gasteiger partial charge in [0.05, 0.1) is 9.86 Å². The van der Waals surface area contributed by atoms with Crippen molar-refractivity contribution in [1.29, 1.82) is 5.41 Å². The molecule has 5 nitrogen and oxygen atoms in total. The van der Waals surface area contributed by atoms with E-state index in [0.717, 1.165) is 26.8 Å². The van der Waals surface area contributed by atoms with Gasteiger partial charge in [-0.25, -0.2) is 0 Å². The van der Waals surface area contributed by atoms with Crippen molar-refractivity contribution in [1.82, 2.24) is 5.16 Å². The van der Waals surface area contributed by atoms with Gasteiger partial charge in [0.1, 0.15) is 5.84 Å². The lowest BCUT2D eigenvalue weighted by Gasteiger charge is -2.10. The van der Waals surface area contributed by atoms with Gasteiger partial charge in [-0.1, -0.05) is 47.6 Å². The number of hydrogen-bond acceptors (Lipinski definition) is 4. The average Bonchev–Trinajstić information content (AvgIpc) is 3.07. The molecule has 3 aromatic carbocycles. The van der Waals surface area contributed by atoms with Crippen LogP contribution in [0.5, 0.6) is 0 Å². The van der Waals surface area contributed by atoms with Crippen LogP contribution in [-0.4, -0.2) is 11.0 Å². The van der Waals surface area contributed by atoms with Crippen LogP contribution in [-0.2, 0) is 0 Å². The lowest BCUT2D eigenvalue weighted by molar-refractivity contribution is 0.459. The summed E-state index contributed by atoms with van der Waals surface area (Å²) in [6, 6.07) is 23.1. The van der Waals surface area contributed by atoms with Crippen molar-refractivity contribution in [2.45, 2.75) is 0 Å². The van der Waals surface area contributed by atoms with Crippen LogP contribution in [0.1, 0.15) is 5.56 Å². The van der Waals surface area contributed by atoms with E-state index in [1.54, 1.807) is 0 Å². The molecule has 4 aromatic rings. The van der Waals surface area contributed by atoms with Crippen molar-refractivity contribution in [3.8, 4) is 0 Å². The van der Waals surface area contributed by atoms with E-state index >= 15 is 0 Å². The summed E-state index contributed by atoms with van der Waals surface area (Å²) >= 11 is 3.46. The number of anilines is 3. The Bertz CT molecular complexity index is 1080. The predicted octanol–water partition coefficient (Wildman–Crippen LogP) is 5.77. The van der Waals surface area contributed by atoms with E-state index in [1.165, 1.54) is 0 Å². The summed E-state index contributed by atoms with van der Waals surface area (Å²) in [5.74, 6) is 0.996. The molecular weight excluding hydrogens is 392 g/mol. The Morgan fingerprint density at radius 3 is 2.54 bits per heavy atom. The molecule has 128 valence electrons. The van der Waals surface area contributed by atoms with Crippen LogP contribution >= 0.6 is 15.9 Å². The first kappa shape index (κ1) is 16.4. The SMILES string of the molecule is N=C(Nc1cccc(Nc2noc3c(Br)cccc23)c1)c1ccccc1. The fraction of sp³-hybridized carbons (Fsp3) is 0. The minimum Gasteiger partial charge on any atom is -0.353 e. The molecule has 26 heavy (non-hydrogen) atoms. The first-order chi connectivity index (χ1) is 12.7. The molecule has 0 saturated carbocycles. The highest BCUT2D eigenvalue weighted by atomic mass is 79.9. The smallest absolute Gasteiger partial charge is 0.183 e. The van der Waals surface area contributed by atoms with Gasteiger partial charge >= 0.3 is 0 Å². The van der Waals surface area contributed by atoms with E-state index in [0.29, 0.717) is 17.2 Å². The number of nitrogens with zero attached hydrogens (tertiary/aromatic N) is 1. The Kier molecular flexibility index (Phi) is 4.41. The summed E-state index contributed by atoms with van der Waals surface area (Å²) in [6.07, 6.45) is 0. The summed E-state index contributed by atoms with van der Waals surface area (Å²) < 4.78 is 6.26. The normalized spacial score (nSPS) is 10.7. The number of hydrogen-bond donors (Lipinski definition) is 3. The fourth-order valence-electron chi connectivity index (χ4n) is 2.65. The number of para-hydroxylation sites is 1. The van der Waals surface area contributed by atoms with Crippen LogP contribution < -0.4 is 10.6 Å². The minimum atomic E-state index is 0.346. The summed E-state index contributed by atoms with van der Waals surface area (Å²) in [5, 5.41) is 19.6. The van der Waals surface area contributed by atoms with E-state index in [-0.39, 0.29) is 0 Å². The summed E-state index contributed by atoms with van der Waals surface area (Å²) in [7, 11) is 0. The maximum atomic E-state index is 8.20. The van der Waals surface area contributed by atoms with E-state index in [2.05, 4.69) is 31.7 Å². The predicted molar refractivity (Wildman–Crippen MR) is 108 cm³/mol. The highest BCUT2D eigenvalue weighted by Gasteiger charge is 2.11. The van der Waals surface area contributed by atoms with Crippen molar-refractivity contribution in [3.05, 3.63) is 82.8 Å². The monoisotopic (exact) mass is 406 g/mol. The van der Waals surface area contributed by atoms with Crippen molar-refractivity contribution in [2.75, 3.05) is 10.6 Å². The van der Waals surface area contributed by atoms with E-state index < -0.39 is 0 Å². The van der Waals surface area contributed by atoms with Gasteiger partial charge in [-0.2, -0.15) is 0 Å².